The minimum absolute atomic E-state index is 0.403. The van der Waals surface area contributed by atoms with E-state index in [1.165, 1.54) is 12.8 Å². The Bertz CT molecular complexity index is 296. The van der Waals surface area contributed by atoms with E-state index in [0.717, 1.165) is 29.9 Å². The van der Waals surface area contributed by atoms with Crippen LogP contribution in [0.2, 0.25) is 0 Å². The molecule has 0 amide bonds. The van der Waals surface area contributed by atoms with Crippen LogP contribution in [0.5, 0.6) is 0 Å². The first-order valence-corrected chi connectivity index (χ1v) is 6.06. The normalized spacial score (nSPS) is 20.7. The van der Waals surface area contributed by atoms with Gasteiger partial charge in [0.05, 0.1) is 11.8 Å². The van der Waals surface area contributed by atoms with Crippen LogP contribution in [0.4, 0.5) is 0 Å². The molecule has 0 saturated carbocycles. The summed E-state index contributed by atoms with van der Waals surface area (Å²) < 4.78 is 6.54. The first-order chi connectivity index (χ1) is 7.34. The Balaban J connectivity index is 1.71. The number of halogens is 1. The van der Waals surface area contributed by atoms with Gasteiger partial charge in [0, 0.05) is 30.4 Å². The molecule has 1 aromatic heterocycles. The molecule has 82 valence electrons. The molecule has 1 aliphatic rings. The summed E-state index contributed by atoms with van der Waals surface area (Å²) in [4.78, 5) is 4.29. The Hall–Kier alpha value is -0.450. The minimum Gasteiger partial charge on any atom is -0.377 e. The molecule has 15 heavy (non-hydrogen) atoms. The molecule has 1 saturated heterocycles. The summed E-state index contributed by atoms with van der Waals surface area (Å²) in [5, 5.41) is 3.36. The van der Waals surface area contributed by atoms with Crippen molar-refractivity contribution in [2.75, 3.05) is 13.2 Å². The Morgan fingerprint density at radius 2 is 2.47 bits per heavy atom. The lowest BCUT2D eigenvalue weighted by Gasteiger charge is -2.10. The zero-order valence-corrected chi connectivity index (χ0v) is 10.2. The third-order valence-corrected chi connectivity index (χ3v) is 2.96. The predicted octanol–water partition coefficient (Wildman–Crippen LogP) is 2.11. The molecule has 1 atom stereocenters. The SMILES string of the molecule is Brc1ccc(CNCC2CCCO2)nc1. The van der Waals surface area contributed by atoms with Crippen LogP contribution in [0.3, 0.4) is 0 Å². The lowest BCUT2D eigenvalue weighted by Crippen LogP contribution is -2.26. The summed E-state index contributed by atoms with van der Waals surface area (Å²) in [5.41, 5.74) is 1.07. The molecule has 1 unspecified atom stereocenters. The molecule has 0 aliphatic carbocycles. The van der Waals surface area contributed by atoms with Crippen molar-refractivity contribution in [2.24, 2.45) is 0 Å². The maximum atomic E-state index is 5.52. The summed E-state index contributed by atoms with van der Waals surface area (Å²) >= 11 is 3.36. The van der Waals surface area contributed by atoms with Crippen LogP contribution in [0.1, 0.15) is 18.5 Å². The van der Waals surface area contributed by atoms with Gasteiger partial charge in [0.15, 0.2) is 0 Å². The molecule has 0 radical (unpaired) electrons. The topological polar surface area (TPSA) is 34.1 Å². The Morgan fingerprint density at radius 1 is 1.53 bits per heavy atom. The lowest BCUT2D eigenvalue weighted by molar-refractivity contribution is 0.110. The van der Waals surface area contributed by atoms with Gasteiger partial charge >= 0.3 is 0 Å². The second kappa shape index (κ2) is 5.58. The van der Waals surface area contributed by atoms with Crippen molar-refractivity contribution in [1.29, 1.82) is 0 Å². The number of ether oxygens (including phenoxy) is 1. The van der Waals surface area contributed by atoms with Crippen LogP contribution in [0.15, 0.2) is 22.8 Å². The summed E-state index contributed by atoms with van der Waals surface area (Å²) in [5.74, 6) is 0. The van der Waals surface area contributed by atoms with Crippen LogP contribution >= 0.6 is 15.9 Å². The largest absolute Gasteiger partial charge is 0.377 e. The van der Waals surface area contributed by atoms with Gasteiger partial charge in [-0.15, -0.1) is 0 Å². The van der Waals surface area contributed by atoms with Crippen LogP contribution in [0, 0.1) is 0 Å². The van der Waals surface area contributed by atoms with E-state index >= 15 is 0 Å². The van der Waals surface area contributed by atoms with E-state index in [4.69, 9.17) is 4.74 Å². The van der Waals surface area contributed by atoms with E-state index in [-0.39, 0.29) is 0 Å². The molecule has 0 aromatic carbocycles. The van der Waals surface area contributed by atoms with E-state index in [9.17, 15) is 0 Å². The summed E-state index contributed by atoms with van der Waals surface area (Å²) in [6, 6.07) is 4.03. The van der Waals surface area contributed by atoms with E-state index in [1.807, 2.05) is 18.3 Å². The fourth-order valence-corrected chi connectivity index (χ4v) is 1.91. The molecule has 1 N–H and O–H groups in total. The number of nitrogens with zero attached hydrogens (tertiary/aromatic N) is 1. The van der Waals surface area contributed by atoms with Crippen molar-refractivity contribution in [2.45, 2.75) is 25.5 Å². The van der Waals surface area contributed by atoms with Crippen molar-refractivity contribution in [1.82, 2.24) is 10.3 Å². The van der Waals surface area contributed by atoms with Crippen molar-refractivity contribution < 1.29 is 4.74 Å². The van der Waals surface area contributed by atoms with E-state index in [1.54, 1.807) is 0 Å². The Morgan fingerprint density at radius 3 is 3.13 bits per heavy atom. The van der Waals surface area contributed by atoms with Crippen LogP contribution < -0.4 is 5.32 Å². The number of hydrogen-bond acceptors (Lipinski definition) is 3. The lowest BCUT2D eigenvalue weighted by atomic mass is 10.2. The van der Waals surface area contributed by atoms with E-state index in [0.29, 0.717) is 6.10 Å². The van der Waals surface area contributed by atoms with Crippen LogP contribution in [-0.4, -0.2) is 24.2 Å². The number of nitrogens with one attached hydrogen (secondary N) is 1. The molecular formula is C11H15BrN2O. The van der Waals surface area contributed by atoms with Crippen LogP contribution in [0.25, 0.3) is 0 Å². The monoisotopic (exact) mass is 270 g/mol. The van der Waals surface area contributed by atoms with E-state index < -0.39 is 0 Å². The fourth-order valence-electron chi connectivity index (χ4n) is 1.68. The quantitative estimate of drug-likeness (QED) is 0.910. The maximum Gasteiger partial charge on any atom is 0.0700 e. The van der Waals surface area contributed by atoms with Crippen molar-refractivity contribution in [3.8, 4) is 0 Å². The van der Waals surface area contributed by atoms with Crippen LogP contribution in [-0.2, 0) is 11.3 Å². The molecule has 0 bridgehead atoms. The molecular weight excluding hydrogens is 256 g/mol. The average molecular weight is 271 g/mol. The average Bonchev–Trinajstić information content (AvgIpc) is 2.74. The Labute approximate surface area is 98.4 Å². The zero-order valence-electron chi connectivity index (χ0n) is 8.58. The molecule has 0 spiro atoms. The highest BCUT2D eigenvalue weighted by atomic mass is 79.9. The predicted molar refractivity (Wildman–Crippen MR) is 62.6 cm³/mol. The number of aromatic nitrogens is 1. The molecule has 1 fully saturated rings. The fraction of sp³-hybridized carbons (Fsp3) is 0.545. The van der Waals surface area contributed by atoms with Gasteiger partial charge in [-0.3, -0.25) is 4.98 Å². The number of pyridine rings is 1. The Kier molecular flexibility index (Phi) is 4.11. The highest BCUT2D eigenvalue weighted by molar-refractivity contribution is 9.10. The van der Waals surface area contributed by atoms with Crippen molar-refractivity contribution in [3.05, 3.63) is 28.5 Å². The molecule has 3 nitrogen and oxygen atoms in total. The second-order valence-electron chi connectivity index (χ2n) is 3.73. The van der Waals surface area contributed by atoms with Gasteiger partial charge < -0.3 is 10.1 Å². The smallest absolute Gasteiger partial charge is 0.0700 e. The zero-order chi connectivity index (χ0) is 10.5. The van der Waals surface area contributed by atoms with Gasteiger partial charge in [-0.25, -0.2) is 0 Å². The van der Waals surface area contributed by atoms with Gasteiger partial charge in [-0.1, -0.05) is 0 Å². The van der Waals surface area contributed by atoms with Gasteiger partial charge in [-0.2, -0.15) is 0 Å². The maximum absolute atomic E-state index is 5.52. The van der Waals surface area contributed by atoms with Gasteiger partial charge in [0.25, 0.3) is 0 Å². The molecule has 1 aliphatic heterocycles. The molecule has 1 aromatic rings. The molecule has 2 heterocycles. The van der Waals surface area contributed by atoms with Crippen molar-refractivity contribution >= 4 is 15.9 Å². The van der Waals surface area contributed by atoms with Gasteiger partial charge in [0.2, 0.25) is 0 Å². The highest BCUT2D eigenvalue weighted by Crippen LogP contribution is 2.11. The highest BCUT2D eigenvalue weighted by Gasteiger charge is 2.14. The second-order valence-corrected chi connectivity index (χ2v) is 4.65. The third-order valence-electron chi connectivity index (χ3n) is 2.49. The van der Waals surface area contributed by atoms with Gasteiger partial charge in [0.1, 0.15) is 0 Å². The summed E-state index contributed by atoms with van der Waals surface area (Å²) in [6.07, 6.45) is 4.60. The van der Waals surface area contributed by atoms with Gasteiger partial charge in [-0.05, 0) is 40.9 Å². The standard InChI is InChI=1S/C11H15BrN2O/c12-9-3-4-10(14-6-9)7-13-8-11-2-1-5-15-11/h3-4,6,11,13H,1-2,5,7-8H2. The van der Waals surface area contributed by atoms with E-state index in [2.05, 4.69) is 26.2 Å². The summed E-state index contributed by atoms with van der Waals surface area (Å²) in [6.45, 7) is 2.66. The minimum atomic E-state index is 0.403. The molecule has 4 heteroatoms. The summed E-state index contributed by atoms with van der Waals surface area (Å²) in [7, 11) is 0. The number of hydrogen-bond donors (Lipinski definition) is 1. The first-order valence-electron chi connectivity index (χ1n) is 5.27. The number of rotatable bonds is 4. The molecule has 2 rings (SSSR count). The third kappa shape index (κ3) is 3.55. The van der Waals surface area contributed by atoms with Crippen molar-refractivity contribution in [3.63, 3.8) is 0 Å². The first kappa shape index (κ1) is 11.0.